The summed E-state index contributed by atoms with van der Waals surface area (Å²) in [6.07, 6.45) is 11.2. The van der Waals surface area contributed by atoms with E-state index >= 15 is 0 Å². The highest BCUT2D eigenvalue weighted by Crippen LogP contribution is 2.37. The lowest BCUT2D eigenvalue weighted by Gasteiger charge is -2.42. The number of nitrogens with zero attached hydrogens (tertiary/aromatic N) is 6. The predicted octanol–water partition coefficient (Wildman–Crippen LogP) is 3.64. The van der Waals surface area contributed by atoms with Crippen molar-refractivity contribution in [3.63, 3.8) is 0 Å². The first kappa shape index (κ1) is 21.4. The van der Waals surface area contributed by atoms with Crippen molar-refractivity contribution in [3.8, 4) is 17.3 Å². The Morgan fingerprint density at radius 3 is 2.67 bits per heavy atom. The van der Waals surface area contributed by atoms with Crippen LogP contribution in [-0.4, -0.2) is 44.6 Å². The topological polar surface area (TPSA) is 99.2 Å². The number of carbonyl (C=O) groups excluding carboxylic acids is 1. The molecule has 0 radical (unpaired) electrons. The lowest BCUT2D eigenvalue weighted by molar-refractivity contribution is -0.133. The Labute approximate surface area is 193 Å². The van der Waals surface area contributed by atoms with Gasteiger partial charge in [-0.1, -0.05) is 6.92 Å². The van der Waals surface area contributed by atoms with Crippen LogP contribution >= 0.6 is 0 Å². The molecule has 1 aliphatic carbocycles. The molecule has 0 spiro atoms. The molecule has 3 aromatic rings. The number of hydrogen-bond acceptors (Lipinski definition) is 6. The smallest absolute Gasteiger partial charge is 0.226 e. The summed E-state index contributed by atoms with van der Waals surface area (Å²) in [5.41, 5.74) is 3.30. The SMILES string of the molecule is CCC1(C(=O)NC2CCC2)CCN(c2ccc(-c3nc(C)cn4ncc(C#N)c34)cn2)CC1. The Kier molecular flexibility index (Phi) is 5.49. The van der Waals surface area contributed by atoms with Crippen LogP contribution in [0.2, 0.25) is 0 Å². The number of aryl methyl sites for hydroxylation is 1. The summed E-state index contributed by atoms with van der Waals surface area (Å²) >= 11 is 0. The minimum absolute atomic E-state index is 0.237. The molecular formula is C25H29N7O. The van der Waals surface area contributed by atoms with Gasteiger partial charge in [0, 0.05) is 30.9 Å². The van der Waals surface area contributed by atoms with Crippen LogP contribution in [0.25, 0.3) is 16.8 Å². The van der Waals surface area contributed by atoms with Crippen LogP contribution in [0.4, 0.5) is 5.82 Å². The van der Waals surface area contributed by atoms with Crippen molar-refractivity contribution in [3.05, 3.63) is 42.0 Å². The number of amides is 1. The molecule has 2 aliphatic rings. The van der Waals surface area contributed by atoms with Gasteiger partial charge in [-0.3, -0.25) is 4.79 Å². The van der Waals surface area contributed by atoms with Crippen LogP contribution in [0, 0.1) is 23.7 Å². The van der Waals surface area contributed by atoms with E-state index in [0.29, 0.717) is 22.8 Å². The fraction of sp³-hybridized carbons (Fsp3) is 0.480. The van der Waals surface area contributed by atoms with Crippen LogP contribution in [0.5, 0.6) is 0 Å². The molecule has 4 heterocycles. The third-order valence-corrected chi connectivity index (χ3v) is 7.40. The standard InChI is InChI=1S/C25H29N7O/c1-3-25(24(33)30-20-5-4-6-20)9-11-31(12-10-25)21-8-7-18(14-27-21)22-23-19(13-26)15-28-32(23)16-17(2)29-22/h7-8,14-16,20H,3-6,9-12H2,1-2H3,(H,30,33). The zero-order valence-corrected chi connectivity index (χ0v) is 19.2. The minimum Gasteiger partial charge on any atom is -0.357 e. The minimum atomic E-state index is -0.265. The lowest BCUT2D eigenvalue weighted by Crippen LogP contribution is -2.52. The van der Waals surface area contributed by atoms with Crippen molar-refractivity contribution in [2.24, 2.45) is 5.41 Å². The second-order valence-corrected chi connectivity index (χ2v) is 9.32. The van der Waals surface area contributed by atoms with Gasteiger partial charge in [0.2, 0.25) is 5.91 Å². The molecule has 5 rings (SSSR count). The number of nitriles is 1. The average Bonchev–Trinajstić information content (AvgIpc) is 3.23. The van der Waals surface area contributed by atoms with Crippen LogP contribution < -0.4 is 10.2 Å². The summed E-state index contributed by atoms with van der Waals surface area (Å²) in [6, 6.07) is 6.59. The quantitative estimate of drug-likeness (QED) is 0.646. The van der Waals surface area contributed by atoms with Crippen molar-refractivity contribution in [1.82, 2.24) is 24.9 Å². The average molecular weight is 444 g/mol. The number of pyridine rings is 1. The van der Waals surface area contributed by atoms with Crippen molar-refractivity contribution >= 4 is 17.2 Å². The van der Waals surface area contributed by atoms with Gasteiger partial charge >= 0.3 is 0 Å². The molecule has 1 N–H and O–H groups in total. The molecule has 0 aromatic carbocycles. The number of fused-ring (bicyclic) bond motifs is 1. The van der Waals surface area contributed by atoms with Gasteiger partial charge in [-0.2, -0.15) is 10.4 Å². The second-order valence-electron chi connectivity index (χ2n) is 9.32. The number of piperidine rings is 1. The highest BCUT2D eigenvalue weighted by Gasteiger charge is 2.41. The summed E-state index contributed by atoms with van der Waals surface area (Å²) in [6.45, 7) is 5.66. The molecule has 2 fully saturated rings. The van der Waals surface area contributed by atoms with E-state index in [9.17, 15) is 10.1 Å². The number of aromatic nitrogens is 4. The maximum atomic E-state index is 13.0. The summed E-state index contributed by atoms with van der Waals surface area (Å²) in [4.78, 5) is 24.6. The molecule has 1 saturated heterocycles. The molecule has 0 unspecified atom stereocenters. The summed E-state index contributed by atoms with van der Waals surface area (Å²) in [5.74, 6) is 1.14. The number of anilines is 1. The highest BCUT2D eigenvalue weighted by atomic mass is 16.2. The molecule has 1 saturated carbocycles. The summed E-state index contributed by atoms with van der Waals surface area (Å²) in [5, 5.41) is 17.0. The fourth-order valence-electron chi connectivity index (χ4n) is 4.92. The van der Waals surface area contributed by atoms with Gasteiger partial charge in [0.15, 0.2) is 0 Å². The first-order valence-electron chi connectivity index (χ1n) is 11.8. The van der Waals surface area contributed by atoms with Gasteiger partial charge in [-0.25, -0.2) is 14.5 Å². The van der Waals surface area contributed by atoms with Crippen LogP contribution in [-0.2, 0) is 4.79 Å². The number of nitrogens with one attached hydrogen (secondary N) is 1. The Bertz CT molecular complexity index is 1210. The molecule has 3 aromatic heterocycles. The van der Waals surface area contributed by atoms with Gasteiger partial charge < -0.3 is 10.2 Å². The normalized spacial score (nSPS) is 18.0. The molecule has 8 nitrogen and oxygen atoms in total. The van der Waals surface area contributed by atoms with Crippen LogP contribution in [0.15, 0.2) is 30.7 Å². The maximum Gasteiger partial charge on any atom is 0.226 e. The van der Waals surface area contributed by atoms with Crippen molar-refractivity contribution in [1.29, 1.82) is 5.26 Å². The van der Waals surface area contributed by atoms with Gasteiger partial charge in [0.05, 0.1) is 29.2 Å². The number of rotatable bonds is 5. The van der Waals surface area contributed by atoms with Crippen LogP contribution in [0.3, 0.4) is 0 Å². The Morgan fingerprint density at radius 1 is 1.27 bits per heavy atom. The molecule has 170 valence electrons. The summed E-state index contributed by atoms with van der Waals surface area (Å²) < 4.78 is 1.70. The third kappa shape index (κ3) is 3.82. The zero-order chi connectivity index (χ0) is 23.0. The van der Waals surface area contributed by atoms with Gasteiger partial charge in [-0.15, -0.1) is 0 Å². The van der Waals surface area contributed by atoms with Crippen LogP contribution in [0.1, 0.15) is 56.7 Å². The molecule has 0 atom stereocenters. The van der Waals surface area contributed by atoms with E-state index in [1.165, 1.54) is 6.42 Å². The third-order valence-electron chi connectivity index (χ3n) is 7.40. The van der Waals surface area contributed by atoms with E-state index < -0.39 is 0 Å². The molecule has 1 aliphatic heterocycles. The van der Waals surface area contributed by atoms with E-state index in [0.717, 1.165) is 62.3 Å². The molecule has 33 heavy (non-hydrogen) atoms. The Hall–Kier alpha value is -3.47. The lowest BCUT2D eigenvalue weighted by atomic mass is 9.74. The van der Waals surface area contributed by atoms with Crippen molar-refractivity contribution < 1.29 is 4.79 Å². The number of carbonyl (C=O) groups is 1. The zero-order valence-electron chi connectivity index (χ0n) is 19.2. The molecular weight excluding hydrogens is 414 g/mol. The van der Waals surface area contributed by atoms with Crippen molar-refractivity contribution in [2.45, 2.75) is 58.4 Å². The number of hydrogen-bond donors (Lipinski definition) is 1. The van der Waals surface area contributed by atoms with Gasteiger partial charge in [0.1, 0.15) is 23.0 Å². The Morgan fingerprint density at radius 2 is 2.06 bits per heavy atom. The second kappa shape index (κ2) is 8.47. The van der Waals surface area contributed by atoms with Gasteiger partial charge in [0.25, 0.3) is 0 Å². The van der Waals surface area contributed by atoms with E-state index in [1.54, 1.807) is 10.7 Å². The van der Waals surface area contributed by atoms with E-state index in [-0.39, 0.29) is 11.3 Å². The Balaban J connectivity index is 1.33. The van der Waals surface area contributed by atoms with E-state index in [1.807, 2.05) is 31.5 Å². The molecule has 0 bridgehead atoms. The first-order chi connectivity index (χ1) is 16.0. The van der Waals surface area contributed by atoms with E-state index in [4.69, 9.17) is 4.98 Å². The van der Waals surface area contributed by atoms with E-state index in [2.05, 4.69) is 33.3 Å². The van der Waals surface area contributed by atoms with Gasteiger partial charge in [-0.05, 0) is 57.6 Å². The fourth-order valence-corrected chi connectivity index (χ4v) is 4.92. The molecule has 8 heteroatoms. The maximum absolute atomic E-state index is 13.0. The first-order valence-corrected chi connectivity index (χ1v) is 11.8. The highest BCUT2D eigenvalue weighted by molar-refractivity contribution is 5.83. The largest absolute Gasteiger partial charge is 0.357 e. The van der Waals surface area contributed by atoms with Crippen molar-refractivity contribution in [2.75, 3.05) is 18.0 Å². The predicted molar refractivity (Wildman–Crippen MR) is 126 cm³/mol. The summed E-state index contributed by atoms with van der Waals surface area (Å²) in [7, 11) is 0. The molecule has 1 amide bonds. The monoisotopic (exact) mass is 443 g/mol.